The van der Waals surface area contributed by atoms with Crippen molar-refractivity contribution >= 4 is 38.9 Å². The number of carbonyl (C=O) groups is 1. The van der Waals surface area contributed by atoms with Crippen LogP contribution in [-0.4, -0.2) is 30.0 Å². The van der Waals surface area contributed by atoms with Gasteiger partial charge in [-0.3, -0.25) is 10.3 Å². The maximum absolute atomic E-state index is 11.5. The molecule has 0 fully saturated rings. The third-order valence-electron chi connectivity index (χ3n) is 2.44. The summed E-state index contributed by atoms with van der Waals surface area (Å²) in [6, 6.07) is 7.82. The number of thioether (sulfide) groups is 1. The van der Waals surface area contributed by atoms with Gasteiger partial charge in [-0.05, 0) is 18.1 Å². The molecule has 0 unspecified atom stereocenters. The summed E-state index contributed by atoms with van der Waals surface area (Å²) in [4.78, 5) is 15.7. The van der Waals surface area contributed by atoms with Crippen molar-refractivity contribution < 1.29 is 4.79 Å². The van der Waals surface area contributed by atoms with Gasteiger partial charge < -0.3 is 5.32 Å². The number of carbonyl (C=O) groups excluding carboxylic acids is 1. The summed E-state index contributed by atoms with van der Waals surface area (Å²) in [5.74, 6) is 0.951. The molecule has 0 atom stereocenters. The summed E-state index contributed by atoms with van der Waals surface area (Å²) in [6.07, 6.45) is 0.800. The van der Waals surface area contributed by atoms with Crippen molar-refractivity contribution in [2.75, 3.05) is 18.8 Å². The molecule has 2 N–H and O–H groups in total. The van der Waals surface area contributed by atoms with E-state index >= 15 is 0 Å². The van der Waals surface area contributed by atoms with Crippen molar-refractivity contribution in [2.45, 2.75) is 6.42 Å². The number of rotatable bonds is 3. The van der Waals surface area contributed by atoms with Crippen LogP contribution in [0.2, 0.25) is 0 Å². The molecular formula is C12H14BrN3OS. The zero-order valence-corrected chi connectivity index (χ0v) is 12.2. The Morgan fingerprint density at radius 2 is 2.28 bits per heavy atom. The molecule has 1 heterocycles. The zero-order chi connectivity index (χ0) is 12.8. The number of amides is 2. The average Bonchev–Trinajstić information content (AvgIpc) is 2.84. The maximum Gasteiger partial charge on any atom is 0.320 e. The van der Waals surface area contributed by atoms with Gasteiger partial charge in [0.05, 0.1) is 6.54 Å². The fourth-order valence-electron chi connectivity index (χ4n) is 1.56. The molecule has 0 radical (unpaired) electrons. The van der Waals surface area contributed by atoms with Crippen molar-refractivity contribution in [1.82, 2.24) is 10.6 Å². The zero-order valence-electron chi connectivity index (χ0n) is 9.78. The minimum Gasteiger partial charge on any atom is -0.337 e. The molecule has 0 aromatic heterocycles. The van der Waals surface area contributed by atoms with Crippen LogP contribution >= 0.6 is 27.7 Å². The molecule has 1 aliphatic rings. The Morgan fingerprint density at radius 3 is 3.00 bits per heavy atom. The largest absolute Gasteiger partial charge is 0.337 e. The summed E-state index contributed by atoms with van der Waals surface area (Å²) < 4.78 is 1.07. The first-order chi connectivity index (χ1) is 8.75. The Labute approximate surface area is 119 Å². The number of urea groups is 1. The predicted octanol–water partition coefficient (Wildman–Crippen LogP) is 2.39. The first-order valence-electron chi connectivity index (χ1n) is 5.71. The molecule has 96 valence electrons. The lowest BCUT2D eigenvalue weighted by Crippen LogP contribution is -2.38. The highest BCUT2D eigenvalue weighted by atomic mass is 79.9. The van der Waals surface area contributed by atoms with Crippen molar-refractivity contribution in [2.24, 2.45) is 4.99 Å². The molecule has 6 heteroatoms. The Morgan fingerprint density at radius 1 is 1.44 bits per heavy atom. The van der Waals surface area contributed by atoms with Gasteiger partial charge in [0.25, 0.3) is 0 Å². The fraction of sp³-hybridized carbons (Fsp3) is 0.333. The van der Waals surface area contributed by atoms with E-state index in [0.29, 0.717) is 11.7 Å². The Kier molecular flexibility index (Phi) is 5.07. The quantitative estimate of drug-likeness (QED) is 0.895. The molecule has 0 bridgehead atoms. The van der Waals surface area contributed by atoms with Gasteiger partial charge in [0.2, 0.25) is 0 Å². The Hall–Kier alpha value is -1.01. The second-order valence-electron chi connectivity index (χ2n) is 3.76. The summed E-state index contributed by atoms with van der Waals surface area (Å²) in [6.45, 7) is 1.39. The molecule has 1 aromatic rings. The SMILES string of the molecule is O=C(NCCc1ccccc1Br)NC1=NCCS1. The minimum absolute atomic E-state index is 0.185. The van der Waals surface area contributed by atoms with E-state index in [1.165, 1.54) is 5.56 Å². The van der Waals surface area contributed by atoms with Crippen LogP contribution in [0.4, 0.5) is 4.79 Å². The van der Waals surface area contributed by atoms with Gasteiger partial charge in [0, 0.05) is 16.8 Å². The van der Waals surface area contributed by atoms with Crippen molar-refractivity contribution in [1.29, 1.82) is 0 Å². The van der Waals surface area contributed by atoms with Crippen LogP contribution in [0.3, 0.4) is 0 Å². The molecule has 18 heavy (non-hydrogen) atoms. The number of amidine groups is 1. The van der Waals surface area contributed by atoms with Crippen LogP contribution in [0.25, 0.3) is 0 Å². The van der Waals surface area contributed by atoms with E-state index in [9.17, 15) is 4.79 Å². The number of hydrogen-bond acceptors (Lipinski definition) is 3. The summed E-state index contributed by atoms with van der Waals surface area (Å²) in [5, 5.41) is 6.27. The second kappa shape index (κ2) is 6.80. The van der Waals surface area contributed by atoms with Gasteiger partial charge in [0.15, 0.2) is 5.17 Å². The first kappa shape index (κ1) is 13.4. The molecular weight excluding hydrogens is 314 g/mol. The Balaban J connectivity index is 1.72. The van der Waals surface area contributed by atoms with Crippen LogP contribution in [-0.2, 0) is 6.42 Å². The minimum atomic E-state index is -0.185. The Bertz CT molecular complexity index is 464. The fourth-order valence-corrected chi connectivity index (χ4v) is 2.77. The van der Waals surface area contributed by atoms with Gasteiger partial charge >= 0.3 is 6.03 Å². The lowest BCUT2D eigenvalue weighted by Gasteiger charge is -2.07. The predicted molar refractivity (Wildman–Crippen MR) is 79.1 cm³/mol. The van der Waals surface area contributed by atoms with Crippen LogP contribution in [0.15, 0.2) is 33.7 Å². The van der Waals surface area contributed by atoms with Gasteiger partial charge in [-0.1, -0.05) is 45.9 Å². The maximum atomic E-state index is 11.5. The topological polar surface area (TPSA) is 53.5 Å². The normalized spacial score (nSPS) is 14.2. The van der Waals surface area contributed by atoms with Gasteiger partial charge in [-0.2, -0.15) is 0 Å². The summed E-state index contributed by atoms with van der Waals surface area (Å²) in [7, 11) is 0. The van der Waals surface area contributed by atoms with Crippen LogP contribution < -0.4 is 10.6 Å². The van der Waals surface area contributed by atoms with E-state index in [4.69, 9.17) is 0 Å². The lowest BCUT2D eigenvalue weighted by molar-refractivity contribution is 0.245. The number of hydrogen-bond donors (Lipinski definition) is 2. The molecule has 1 aromatic carbocycles. The smallest absolute Gasteiger partial charge is 0.320 e. The van der Waals surface area contributed by atoms with E-state index in [-0.39, 0.29) is 6.03 Å². The standard InChI is InChI=1S/C12H14BrN3OS/c13-10-4-2-1-3-9(10)5-6-14-11(17)16-12-15-7-8-18-12/h1-4H,5-8H2,(H2,14,15,16,17). The second-order valence-corrected chi connectivity index (χ2v) is 5.70. The molecule has 0 spiro atoms. The molecule has 2 amide bonds. The van der Waals surface area contributed by atoms with Gasteiger partial charge in [0.1, 0.15) is 0 Å². The number of benzene rings is 1. The molecule has 0 saturated carbocycles. The number of halogens is 1. The van der Waals surface area contributed by atoms with Crippen molar-refractivity contribution in [3.63, 3.8) is 0 Å². The molecule has 1 aliphatic heterocycles. The third-order valence-corrected chi connectivity index (χ3v) is 4.11. The first-order valence-corrected chi connectivity index (χ1v) is 7.49. The number of nitrogens with zero attached hydrogens (tertiary/aromatic N) is 1. The van der Waals surface area contributed by atoms with Crippen molar-refractivity contribution in [3.8, 4) is 0 Å². The van der Waals surface area contributed by atoms with E-state index in [1.807, 2.05) is 24.3 Å². The van der Waals surface area contributed by atoms with Crippen LogP contribution in [0.5, 0.6) is 0 Å². The molecule has 0 saturated heterocycles. The summed E-state index contributed by atoms with van der Waals surface area (Å²) in [5.41, 5.74) is 1.19. The highest BCUT2D eigenvalue weighted by Crippen LogP contribution is 2.15. The molecule has 4 nitrogen and oxygen atoms in total. The molecule has 0 aliphatic carbocycles. The third kappa shape index (κ3) is 4.03. The van der Waals surface area contributed by atoms with Crippen LogP contribution in [0.1, 0.15) is 5.56 Å². The average molecular weight is 328 g/mol. The monoisotopic (exact) mass is 327 g/mol. The van der Waals surface area contributed by atoms with E-state index in [2.05, 4.69) is 31.6 Å². The molecule has 2 rings (SSSR count). The lowest BCUT2D eigenvalue weighted by atomic mass is 10.1. The van der Waals surface area contributed by atoms with Gasteiger partial charge in [-0.25, -0.2) is 4.79 Å². The van der Waals surface area contributed by atoms with E-state index in [0.717, 1.165) is 23.2 Å². The number of aliphatic imine (C=N–C) groups is 1. The number of nitrogens with one attached hydrogen (secondary N) is 2. The summed E-state index contributed by atoms with van der Waals surface area (Å²) >= 11 is 5.06. The van der Waals surface area contributed by atoms with Crippen LogP contribution in [0, 0.1) is 0 Å². The highest BCUT2D eigenvalue weighted by molar-refractivity contribution is 9.10. The van der Waals surface area contributed by atoms with Gasteiger partial charge in [-0.15, -0.1) is 0 Å². The van der Waals surface area contributed by atoms with E-state index < -0.39 is 0 Å². The van der Waals surface area contributed by atoms with E-state index in [1.54, 1.807) is 11.8 Å². The highest BCUT2D eigenvalue weighted by Gasteiger charge is 2.10. The van der Waals surface area contributed by atoms with Crippen molar-refractivity contribution in [3.05, 3.63) is 34.3 Å².